The number of ether oxygens (including phenoxy) is 1. The van der Waals surface area contributed by atoms with E-state index in [0.717, 1.165) is 0 Å². The van der Waals surface area contributed by atoms with Crippen molar-refractivity contribution < 1.29 is 19.5 Å². The summed E-state index contributed by atoms with van der Waals surface area (Å²) < 4.78 is 4.54. The fourth-order valence-corrected chi connectivity index (χ4v) is 1.02. The standard InChI is InChI=1S/C10H11NO4/c1-14-10(13)9(11-15-2)7-3-5-8(12)6-4-7/h3-6,12H,1-2H3. The molecule has 0 unspecified atom stereocenters. The molecule has 1 N–H and O–H groups in total. The molecule has 0 aliphatic heterocycles. The van der Waals surface area contributed by atoms with E-state index in [2.05, 4.69) is 14.7 Å². The van der Waals surface area contributed by atoms with E-state index in [4.69, 9.17) is 5.11 Å². The zero-order valence-electron chi connectivity index (χ0n) is 8.43. The van der Waals surface area contributed by atoms with Crippen molar-refractivity contribution in [3.05, 3.63) is 29.8 Å². The van der Waals surface area contributed by atoms with Gasteiger partial charge in [-0.3, -0.25) is 0 Å². The minimum absolute atomic E-state index is 0.0556. The van der Waals surface area contributed by atoms with E-state index in [0.29, 0.717) is 5.56 Å². The van der Waals surface area contributed by atoms with Crippen LogP contribution >= 0.6 is 0 Å². The van der Waals surface area contributed by atoms with Gasteiger partial charge < -0.3 is 14.7 Å². The third kappa shape index (κ3) is 2.70. The number of oxime groups is 1. The molecule has 0 amide bonds. The molecule has 15 heavy (non-hydrogen) atoms. The zero-order valence-corrected chi connectivity index (χ0v) is 8.43. The number of rotatable bonds is 3. The molecular weight excluding hydrogens is 198 g/mol. The molecular formula is C10H11NO4. The molecule has 80 valence electrons. The lowest BCUT2D eigenvalue weighted by atomic mass is 10.1. The average Bonchev–Trinajstić information content (AvgIpc) is 2.26. The van der Waals surface area contributed by atoms with Crippen LogP contribution in [0, 0.1) is 0 Å². The summed E-state index contributed by atoms with van der Waals surface area (Å²) in [6, 6.07) is 5.99. The van der Waals surface area contributed by atoms with Crippen molar-refractivity contribution in [2.45, 2.75) is 0 Å². The van der Waals surface area contributed by atoms with Gasteiger partial charge >= 0.3 is 5.97 Å². The van der Waals surface area contributed by atoms with Gasteiger partial charge in [0.2, 0.25) is 0 Å². The Morgan fingerprint density at radius 3 is 2.33 bits per heavy atom. The summed E-state index contributed by atoms with van der Waals surface area (Å²) >= 11 is 0. The number of phenolic OH excluding ortho intramolecular Hbond substituents is 1. The first-order valence-electron chi connectivity index (χ1n) is 4.18. The van der Waals surface area contributed by atoms with Crippen LogP contribution in [0.15, 0.2) is 29.4 Å². The van der Waals surface area contributed by atoms with Gasteiger partial charge in [-0.05, 0) is 24.3 Å². The lowest BCUT2D eigenvalue weighted by Gasteiger charge is -2.03. The molecule has 0 fully saturated rings. The minimum atomic E-state index is -0.595. The predicted molar refractivity (Wildman–Crippen MR) is 53.7 cm³/mol. The second kappa shape index (κ2) is 4.99. The Balaban J connectivity index is 3.05. The highest BCUT2D eigenvalue weighted by molar-refractivity contribution is 6.43. The third-order valence-corrected chi connectivity index (χ3v) is 1.70. The van der Waals surface area contributed by atoms with Crippen LogP contribution in [-0.4, -0.2) is 31.0 Å². The second-order valence-corrected chi connectivity index (χ2v) is 2.66. The molecule has 0 atom stereocenters. The third-order valence-electron chi connectivity index (χ3n) is 1.70. The van der Waals surface area contributed by atoms with Gasteiger partial charge in [-0.15, -0.1) is 0 Å². The molecule has 5 nitrogen and oxygen atoms in total. The highest BCUT2D eigenvalue weighted by Gasteiger charge is 2.15. The van der Waals surface area contributed by atoms with Gasteiger partial charge in [-0.25, -0.2) is 4.79 Å². The van der Waals surface area contributed by atoms with Crippen LogP contribution in [0.4, 0.5) is 0 Å². The smallest absolute Gasteiger partial charge is 0.360 e. The van der Waals surface area contributed by atoms with E-state index in [1.165, 1.54) is 26.4 Å². The maximum Gasteiger partial charge on any atom is 0.360 e. The molecule has 1 aromatic carbocycles. The highest BCUT2D eigenvalue weighted by Crippen LogP contribution is 2.11. The maximum atomic E-state index is 11.3. The van der Waals surface area contributed by atoms with Crippen LogP contribution in [-0.2, 0) is 14.4 Å². The fraction of sp³-hybridized carbons (Fsp3) is 0.200. The summed E-state index contributed by atoms with van der Waals surface area (Å²) in [5.74, 6) is -0.483. The predicted octanol–water partition coefficient (Wildman–Crippen LogP) is 0.916. The number of methoxy groups -OCH3 is 1. The first-order valence-corrected chi connectivity index (χ1v) is 4.18. The first kappa shape index (κ1) is 11.0. The van der Waals surface area contributed by atoms with Gasteiger partial charge in [0.1, 0.15) is 12.9 Å². The summed E-state index contributed by atoms with van der Waals surface area (Å²) in [5, 5.41) is 12.6. The van der Waals surface area contributed by atoms with Crippen LogP contribution in [0.2, 0.25) is 0 Å². The number of hydrogen-bond donors (Lipinski definition) is 1. The van der Waals surface area contributed by atoms with Gasteiger partial charge in [-0.2, -0.15) is 0 Å². The number of nitrogens with zero attached hydrogens (tertiary/aromatic N) is 1. The van der Waals surface area contributed by atoms with Crippen molar-refractivity contribution in [2.75, 3.05) is 14.2 Å². The Morgan fingerprint density at radius 2 is 1.87 bits per heavy atom. The molecule has 0 aliphatic rings. The van der Waals surface area contributed by atoms with E-state index in [9.17, 15) is 4.79 Å². The van der Waals surface area contributed by atoms with Gasteiger partial charge in [0.15, 0.2) is 5.71 Å². The van der Waals surface area contributed by atoms with Crippen molar-refractivity contribution in [3.8, 4) is 5.75 Å². The van der Waals surface area contributed by atoms with Crippen LogP contribution in [0.3, 0.4) is 0 Å². The van der Waals surface area contributed by atoms with Crippen LogP contribution < -0.4 is 0 Å². The molecule has 0 aromatic heterocycles. The molecule has 0 spiro atoms. The van der Waals surface area contributed by atoms with E-state index < -0.39 is 5.97 Å². The SMILES string of the molecule is CON=C(C(=O)OC)c1ccc(O)cc1. The Hall–Kier alpha value is -2.04. The van der Waals surface area contributed by atoms with Gasteiger partial charge in [0, 0.05) is 5.56 Å². The molecule has 0 radical (unpaired) electrons. The second-order valence-electron chi connectivity index (χ2n) is 2.66. The highest BCUT2D eigenvalue weighted by atomic mass is 16.6. The number of hydrogen-bond acceptors (Lipinski definition) is 5. The molecule has 1 rings (SSSR count). The molecule has 5 heteroatoms. The quantitative estimate of drug-likeness (QED) is 0.456. The van der Waals surface area contributed by atoms with E-state index in [1.807, 2.05) is 0 Å². The van der Waals surface area contributed by atoms with Crippen molar-refractivity contribution in [3.63, 3.8) is 0 Å². The maximum absolute atomic E-state index is 11.3. The minimum Gasteiger partial charge on any atom is -0.508 e. The largest absolute Gasteiger partial charge is 0.508 e. The Labute approximate surface area is 86.9 Å². The Morgan fingerprint density at radius 1 is 1.27 bits per heavy atom. The topological polar surface area (TPSA) is 68.1 Å². The average molecular weight is 209 g/mol. The Bertz CT molecular complexity index is 370. The summed E-state index contributed by atoms with van der Waals surface area (Å²) in [7, 11) is 2.59. The first-order chi connectivity index (χ1) is 7.19. The van der Waals surface area contributed by atoms with Crippen molar-refractivity contribution in [1.82, 2.24) is 0 Å². The zero-order chi connectivity index (χ0) is 11.3. The number of benzene rings is 1. The summed E-state index contributed by atoms with van der Waals surface area (Å²) in [5.41, 5.74) is 0.571. The number of esters is 1. The van der Waals surface area contributed by atoms with Crippen molar-refractivity contribution >= 4 is 11.7 Å². The lowest BCUT2D eigenvalue weighted by molar-refractivity contribution is -0.132. The number of phenols is 1. The summed E-state index contributed by atoms with van der Waals surface area (Å²) in [4.78, 5) is 15.8. The molecule has 0 bridgehead atoms. The van der Waals surface area contributed by atoms with Crippen LogP contribution in [0.25, 0.3) is 0 Å². The fourth-order valence-electron chi connectivity index (χ4n) is 1.02. The van der Waals surface area contributed by atoms with Crippen molar-refractivity contribution in [2.24, 2.45) is 5.16 Å². The number of aromatic hydroxyl groups is 1. The van der Waals surface area contributed by atoms with E-state index in [-0.39, 0.29) is 11.5 Å². The Kier molecular flexibility index (Phi) is 3.68. The molecule has 0 saturated heterocycles. The lowest BCUT2D eigenvalue weighted by Crippen LogP contribution is -2.17. The summed E-state index contributed by atoms with van der Waals surface area (Å²) in [6.07, 6.45) is 0. The number of carbonyl (C=O) groups excluding carboxylic acids is 1. The molecule has 0 saturated carbocycles. The number of carbonyl (C=O) groups is 1. The normalized spacial score (nSPS) is 10.9. The monoisotopic (exact) mass is 209 g/mol. The molecule has 1 aromatic rings. The van der Waals surface area contributed by atoms with Gasteiger partial charge in [-0.1, -0.05) is 5.16 Å². The molecule has 0 heterocycles. The van der Waals surface area contributed by atoms with Crippen LogP contribution in [0.1, 0.15) is 5.56 Å². The van der Waals surface area contributed by atoms with Gasteiger partial charge in [0.25, 0.3) is 0 Å². The van der Waals surface area contributed by atoms with E-state index >= 15 is 0 Å². The van der Waals surface area contributed by atoms with Gasteiger partial charge in [0.05, 0.1) is 7.11 Å². The van der Waals surface area contributed by atoms with Crippen LogP contribution in [0.5, 0.6) is 5.75 Å². The van der Waals surface area contributed by atoms with E-state index in [1.54, 1.807) is 12.1 Å². The summed E-state index contributed by atoms with van der Waals surface area (Å²) in [6.45, 7) is 0. The molecule has 0 aliphatic carbocycles. The van der Waals surface area contributed by atoms with Crippen molar-refractivity contribution in [1.29, 1.82) is 0 Å².